The fourth-order valence-corrected chi connectivity index (χ4v) is 2.31. The minimum atomic E-state index is -1.31. The lowest BCUT2D eigenvalue weighted by Gasteiger charge is -2.02. The lowest BCUT2D eigenvalue weighted by Crippen LogP contribution is -2.02. The lowest BCUT2D eigenvalue weighted by molar-refractivity contribution is -0.385. The molecule has 0 radical (unpaired) electrons. The molecule has 2 rings (SSSR count). The first-order valence-electron chi connectivity index (χ1n) is 5.25. The van der Waals surface area contributed by atoms with Crippen LogP contribution >= 0.6 is 11.8 Å². The first kappa shape index (κ1) is 13.2. The highest BCUT2D eigenvalue weighted by Crippen LogP contribution is 2.29. The largest absolute Gasteiger partial charge is 0.477 e. The SMILES string of the molecule is O=C(O)c1ccc(SCc2ccco2)cc1[N+](=O)[O-]. The summed E-state index contributed by atoms with van der Waals surface area (Å²) in [5, 5.41) is 19.7. The van der Waals surface area contributed by atoms with E-state index in [1.807, 2.05) is 0 Å². The van der Waals surface area contributed by atoms with Gasteiger partial charge in [0.2, 0.25) is 0 Å². The normalized spacial score (nSPS) is 10.3. The number of nitro groups is 1. The highest BCUT2D eigenvalue weighted by Gasteiger charge is 2.20. The maximum Gasteiger partial charge on any atom is 0.342 e. The van der Waals surface area contributed by atoms with Crippen molar-refractivity contribution in [3.05, 3.63) is 58.0 Å². The molecule has 7 heteroatoms. The van der Waals surface area contributed by atoms with Gasteiger partial charge in [-0.25, -0.2) is 4.79 Å². The van der Waals surface area contributed by atoms with Gasteiger partial charge in [-0.2, -0.15) is 0 Å². The topological polar surface area (TPSA) is 93.6 Å². The summed E-state index contributed by atoms with van der Waals surface area (Å²) < 4.78 is 5.15. The third-order valence-electron chi connectivity index (χ3n) is 2.36. The summed E-state index contributed by atoms with van der Waals surface area (Å²) in [5.74, 6) is -0.0411. The van der Waals surface area contributed by atoms with Crippen LogP contribution < -0.4 is 0 Å². The molecular formula is C12H9NO5S. The number of benzene rings is 1. The van der Waals surface area contributed by atoms with Gasteiger partial charge in [0.15, 0.2) is 0 Å². The van der Waals surface area contributed by atoms with Gasteiger partial charge in [-0.15, -0.1) is 11.8 Å². The molecule has 0 atom stereocenters. The van der Waals surface area contributed by atoms with E-state index in [2.05, 4.69) is 0 Å². The highest BCUT2D eigenvalue weighted by molar-refractivity contribution is 7.98. The maximum absolute atomic E-state index is 10.9. The van der Waals surface area contributed by atoms with Gasteiger partial charge >= 0.3 is 5.97 Å². The summed E-state index contributed by atoms with van der Waals surface area (Å²) in [6.07, 6.45) is 1.55. The Balaban J connectivity index is 2.20. The number of aromatic carboxylic acids is 1. The van der Waals surface area contributed by atoms with Crippen molar-refractivity contribution in [2.75, 3.05) is 0 Å². The van der Waals surface area contributed by atoms with Crippen LogP contribution in [-0.4, -0.2) is 16.0 Å². The summed E-state index contributed by atoms with van der Waals surface area (Å²) in [7, 11) is 0. The molecule has 6 nitrogen and oxygen atoms in total. The van der Waals surface area contributed by atoms with Gasteiger partial charge in [0, 0.05) is 11.0 Å². The fourth-order valence-electron chi connectivity index (χ4n) is 1.48. The monoisotopic (exact) mass is 279 g/mol. The number of hydrogen-bond donors (Lipinski definition) is 1. The summed E-state index contributed by atoms with van der Waals surface area (Å²) >= 11 is 1.34. The Labute approximate surface area is 112 Å². The van der Waals surface area contributed by atoms with Crippen molar-refractivity contribution in [1.29, 1.82) is 0 Å². The molecule has 0 bridgehead atoms. The fraction of sp³-hybridized carbons (Fsp3) is 0.0833. The number of nitro benzene ring substituents is 1. The van der Waals surface area contributed by atoms with E-state index in [9.17, 15) is 14.9 Å². The molecule has 1 aromatic carbocycles. The number of hydrogen-bond acceptors (Lipinski definition) is 5. The molecule has 0 amide bonds. The van der Waals surface area contributed by atoms with Crippen molar-refractivity contribution in [3.63, 3.8) is 0 Å². The molecule has 1 aromatic heterocycles. The zero-order chi connectivity index (χ0) is 13.8. The molecule has 98 valence electrons. The standard InChI is InChI=1S/C12H9NO5S/c14-12(15)10-4-3-9(6-11(10)13(16)17)19-7-8-2-1-5-18-8/h1-6H,7H2,(H,14,15). The van der Waals surface area contributed by atoms with Gasteiger partial charge in [-0.3, -0.25) is 10.1 Å². The molecule has 0 aliphatic rings. The van der Waals surface area contributed by atoms with E-state index in [4.69, 9.17) is 9.52 Å². The molecule has 0 aliphatic heterocycles. The minimum Gasteiger partial charge on any atom is -0.477 e. The predicted octanol–water partition coefficient (Wildman–Crippen LogP) is 3.18. The molecule has 19 heavy (non-hydrogen) atoms. The van der Waals surface area contributed by atoms with Crippen LogP contribution in [0.4, 0.5) is 5.69 Å². The first-order chi connectivity index (χ1) is 9.08. The number of furan rings is 1. The van der Waals surface area contributed by atoms with Crippen LogP contribution in [0.25, 0.3) is 0 Å². The van der Waals surface area contributed by atoms with Crippen LogP contribution in [0.15, 0.2) is 45.9 Å². The van der Waals surface area contributed by atoms with Gasteiger partial charge < -0.3 is 9.52 Å². The lowest BCUT2D eigenvalue weighted by atomic mass is 10.2. The van der Waals surface area contributed by atoms with E-state index in [1.165, 1.54) is 23.9 Å². The van der Waals surface area contributed by atoms with Crippen LogP contribution in [0.2, 0.25) is 0 Å². The summed E-state index contributed by atoms with van der Waals surface area (Å²) in [5.41, 5.74) is -0.718. The van der Waals surface area contributed by atoms with E-state index in [0.29, 0.717) is 10.6 Å². The molecule has 2 aromatic rings. The van der Waals surface area contributed by atoms with Gasteiger partial charge in [-0.05, 0) is 24.3 Å². The number of carboxylic acids is 1. The zero-order valence-corrected chi connectivity index (χ0v) is 10.4. The predicted molar refractivity (Wildman–Crippen MR) is 68.3 cm³/mol. The van der Waals surface area contributed by atoms with E-state index in [1.54, 1.807) is 24.5 Å². The van der Waals surface area contributed by atoms with Crippen LogP contribution in [0.3, 0.4) is 0 Å². The molecular weight excluding hydrogens is 270 g/mol. The van der Waals surface area contributed by atoms with Crippen molar-refractivity contribution in [2.24, 2.45) is 0 Å². The Hall–Kier alpha value is -2.28. The van der Waals surface area contributed by atoms with Gasteiger partial charge in [0.05, 0.1) is 16.9 Å². The number of carbonyl (C=O) groups is 1. The number of rotatable bonds is 5. The average molecular weight is 279 g/mol. The average Bonchev–Trinajstić information content (AvgIpc) is 2.88. The number of carboxylic acid groups (broad SMARTS) is 1. The van der Waals surface area contributed by atoms with Crippen molar-refractivity contribution in [2.45, 2.75) is 10.6 Å². The van der Waals surface area contributed by atoms with E-state index in [-0.39, 0.29) is 5.56 Å². The van der Waals surface area contributed by atoms with E-state index in [0.717, 1.165) is 5.76 Å². The van der Waals surface area contributed by atoms with Crippen LogP contribution in [0.5, 0.6) is 0 Å². The Morgan fingerprint density at radius 3 is 2.79 bits per heavy atom. The molecule has 0 saturated heterocycles. The number of nitrogens with zero attached hydrogens (tertiary/aromatic N) is 1. The summed E-state index contributed by atoms with van der Waals surface area (Å²) in [4.78, 5) is 21.6. The maximum atomic E-state index is 10.9. The van der Waals surface area contributed by atoms with Crippen molar-refractivity contribution < 1.29 is 19.2 Å². The molecule has 1 N–H and O–H groups in total. The molecule has 0 spiro atoms. The second kappa shape index (κ2) is 5.57. The third-order valence-corrected chi connectivity index (χ3v) is 3.37. The Bertz CT molecular complexity index is 609. The van der Waals surface area contributed by atoms with E-state index < -0.39 is 16.6 Å². The van der Waals surface area contributed by atoms with Crippen LogP contribution in [0, 0.1) is 10.1 Å². The summed E-state index contributed by atoms with van der Waals surface area (Å²) in [6.45, 7) is 0. The highest BCUT2D eigenvalue weighted by atomic mass is 32.2. The summed E-state index contributed by atoms with van der Waals surface area (Å²) in [6, 6.07) is 7.60. The van der Waals surface area contributed by atoms with Gasteiger partial charge in [0.25, 0.3) is 5.69 Å². The third kappa shape index (κ3) is 3.14. The molecule has 0 unspecified atom stereocenters. The first-order valence-corrected chi connectivity index (χ1v) is 6.23. The quantitative estimate of drug-likeness (QED) is 0.513. The minimum absolute atomic E-state index is 0.313. The van der Waals surface area contributed by atoms with Crippen LogP contribution in [-0.2, 0) is 5.75 Å². The molecule has 0 aliphatic carbocycles. The number of thioether (sulfide) groups is 1. The molecule has 0 fully saturated rings. The second-order valence-electron chi connectivity index (χ2n) is 3.61. The van der Waals surface area contributed by atoms with Crippen LogP contribution in [0.1, 0.15) is 16.1 Å². The Kier molecular flexibility index (Phi) is 3.86. The smallest absolute Gasteiger partial charge is 0.342 e. The molecule has 1 heterocycles. The van der Waals surface area contributed by atoms with Gasteiger partial charge in [-0.1, -0.05) is 0 Å². The zero-order valence-electron chi connectivity index (χ0n) is 9.61. The Morgan fingerprint density at radius 2 is 2.21 bits per heavy atom. The van der Waals surface area contributed by atoms with E-state index >= 15 is 0 Å². The van der Waals surface area contributed by atoms with Gasteiger partial charge in [0.1, 0.15) is 11.3 Å². The molecule has 0 saturated carbocycles. The van der Waals surface area contributed by atoms with Crippen molar-refractivity contribution in [3.8, 4) is 0 Å². The Morgan fingerprint density at radius 1 is 1.42 bits per heavy atom. The van der Waals surface area contributed by atoms with Crippen molar-refractivity contribution in [1.82, 2.24) is 0 Å². The second-order valence-corrected chi connectivity index (χ2v) is 4.66. The van der Waals surface area contributed by atoms with Crippen molar-refractivity contribution >= 4 is 23.4 Å².